The summed E-state index contributed by atoms with van der Waals surface area (Å²) in [5, 5.41) is 23.6. The van der Waals surface area contributed by atoms with Crippen molar-refractivity contribution in [3.05, 3.63) is 59.0 Å². The van der Waals surface area contributed by atoms with Crippen molar-refractivity contribution in [1.82, 2.24) is 30.2 Å². The molecule has 166 valence electrons. The molecular weight excluding hydrogens is 444 g/mol. The molecule has 10 nitrogen and oxygen atoms in total. The van der Waals surface area contributed by atoms with Crippen molar-refractivity contribution in [2.75, 3.05) is 7.11 Å². The summed E-state index contributed by atoms with van der Waals surface area (Å²) in [6.07, 6.45) is -1.37. The number of thiophene rings is 1. The van der Waals surface area contributed by atoms with E-state index < -0.39 is 6.16 Å². The lowest BCUT2D eigenvalue weighted by Crippen LogP contribution is -2.06. The van der Waals surface area contributed by atoms with Gasteiger partial charge in [-0.1, -0.05) is 59.9 Å². The van der Waals surface area contributed by atoms with Gasteiger partial charge in [-0.15, -0.1) is 5.10 Å². The first-order valence-electron chi connectivity index (χ1n) is 9.92. The van der Waals surface area contributed by atoms with Crippen LogP contribution in [0.25, 0.3) is 33.5 Å². The molecular formula is C22H18N6O4S. The molecule has 2 N–H and O–H groups in total. The van der Waals surface area contributed by atoms with Crippen LogP contribution >= 0.6 is 11.3 Å². The molecule has 0 aliphatic carbocycles. The average molecular weight is 462 g/mol. The van der Waals surface area contributed by atoms with E-state index in [1.807, 2.05) is 60.0 Å². The third-order valence-corrected chi connectivity index (χ3v) is 6.16. The molecule has 11 heteroatoms. The zero-order valence-electron chi connectivity index (χ0n) is 17.6. The lowest BCUT2D eigenvalue weighted by atomic mass is 9.98. The number of rotatable bonds is 6. The Bertz CT molecular complexity index is 1440. The van der Waals surface area contributed by atoms with Gasteiger partial charge in [0.15, 0.2) is 5.82 Å². The number of nitrogens with one attached hydrogen (secondary N) is 1. The first-order chi connectivity index (χ1) is 16.0. The number of methoxy groups -OCH3 is 1. The van der Waals surface area contributed by atoms with E-state index in [1.165, 1.54) is 18.4 Å². The van der Waals surface area contributed by atoms with E-state index >= 15 is 0 Å². The minimum atomic E-state index is -1.37. The van der Waals surface area contributed by atoms with Crippen LogP contribution in [0, 0.1) is 6.92 Å². The number of imidazole rings is 1. The summed E-state index contributed by atoms with van der Waals surface area (Å²) in [5.74, 6) is 0.596. The maximum atomic E-state index is 11.2. The van der Waals surface area contributed by atoms with E-state index in [1.54, 1.807) is 0 Å². The summed E-state index contributed by atoms with van der Waals surface area (Å²) < 4.78 is 12.3. The molecule has 0 atom stereocenters. The van der Waals surface area contributed by atoms with Crippen molar-refractivity contribution in [3.8, 4) is 33.6 Å². The third-order valence-electron chi connectivity index (χ3n) is 5.20. The molecule has 3 heterocycles. The number of carboxylic acid groups (broad SMARTS) is 1. The van der Waals surface area contributed by atoms with E-state index in [9.17, 15) is 4.79 Å². The Hall–Kier alpha value is -4.25. The number of nitrogens with zero attached hydrogens (tertiary/aromatic N) is 5. The minimum Gasteiger partial charge on any atom is -0.468 e. The predicted molar refractivity (Wildman–Crippen MR) is 122 cm³/mol. The monoisotopic (exact) mass is 462 g/mol. The van der Waals surface area contributed by atoms with Gasteiger partial charge in [0.25, 0.3) is 6.01 Å². The summed E-state index contributed by atoms with van der Waals surface area (Å²) in [7, 11) is 1.53. The van der Waals surface area contributed by atoms with Gasteiger partial charge in [0, 0.05) is 10.4 Å². The number of aromatic amines is 1. The van der Waals surface area contributed by atoms with Gasteiger partial charge in [-0.25, -0.2) is 9.89 Å². The summed E-state index contributed by atoms with van der Waals surface area (Å²) in [4.78, 5) is 16.5. The van der Waals surface area contributed by atoms with Crippen molar-refractivity contribution in [1.29, 1.82) is 0 Å². The Morgan fingerprint density at radius 2 is 1.91 bits per heavy atom. The second kappa shape index (κ2) is 8.36. The number of carbonyl (C=O) groups is 1. The Labute approximate surface area is 191 Å². The van der Waals surface area contributed by atoms with Crippen molar-refractivity contribution in [2.24, 2.45) is 0 Å². The molecule has 5 aromatic rings. The van der Waals surface area contributed by atoms with Gasteiger partial charge in [-0.05, 0) is 34.0 Å². The van der Waals surface area contributed by atoms with Gasteiger partial charge in [0.1, 0.15) is 11.0 Å². The number of ether oxygens (including phenoxy) is 2. The van der Waals surface area contributed by atoms with E-state index in [-0.39, 0.29) is 5.06 Å². The van der Waals surface area contributed by atoms with Crippen molar-refractivity contribution in [3.63, 3.8) is 0 Å². The SMILES string of the molecule is COc1nc2c(C)sc(OC(=O)O)c2n1Cc1ccc(-c2ccccc2-c2nnn[nH]2)cc1. The summed E-state index contributed by atoms with van der Waals surface area (Å²) in [6, 6.07) is 16.3. The smallest absolute Gasteiger partial charge is 0.468 e. The zero-order chi connectivity index (χ0) is 22.9. The number of benzene rings is 2. The first-order valence-corrected chi connectivity index (χ1v) is 10.7. The Kier molecular flexibility index (Phi) is 5.23. The van der Waals surface area contributed by atoms with Gasteiger partial charge < -0.3 is 14.6 Å². The molecule has 3 aromatic heterocycles. The highest BCUT2D eigenvalue weighted by molar-refractivity contribution is 7.15. The molecule has 0 amide bonds. The standard InChI is InChI=1S/C22H18N6O4S/c1-12-17-18(20(33-12)32-22(29)30)28(21(23-17)31-2)11-13-7-9-14(10-8-13)15-5-3-4-6-16(15)19-24-26-27-25-19/h3-10H,11H2,1-2H3,(H,29,30)(H,24,25,26,27). The number of aryl methyl sites for hydroxylation is 1. The van der Waals surface area contributed by atoms with E-state index in [2.05, 4.69) is 25.6 Å². The number of H-pyrrole nitrogens is 1. The lowest BCUT2D eigenvalue weighted by molar-refractivity contribution is 0.146. The lowest BCUT2D eigenvalue weighted by Gasteiger charge is -2.11. The zero-order valence-corrected chi connectivity index (χ0v) is 18.5. The number of tetrazole rings is 1. The van der Waals surface area contributed by atoms with Crippen LogP contribution in [0.2, 0.25) is 0 Å². The summed E-state index contributed by atoms with van der Waals surface area (Å²) in [6.45, 7) is 2.30. The Morgan fingerprint density at radius 1 is 1.15 bits per heavy atom. The highest BCUT2D eigenvalue weighted by atomic mass is 32.1. The summed E-state index contributed by atoms with van der Waals surface area (Å²) >= 11 is 1.25. The average Bonchev–Trinajstić information content (AvgIpc) is 3.53. The number of aromatic nitrogens is 6. The summed E-state index contributed by atoms with van der Waals surface area (Å²) in [5.41, 5.74) is 5.16. The molecule has 0 aliphatic rings. The maximum absolute atomic E-state index is 11.2. The molecule has 0 unspecified atom stereocenters. The fraction of sp³-hybridized carbons (Fsp3) is 0.136. The topological polar surface area (TPSA) is 128 Å². The maximum Gasteiger partial charge on any atom is 0.512 e. The second-order valence-electron chi connectivity index (χ2n) is 7.19. The van der Waals surface area contributed by atoms with Gasteiger partial charge in [0.2, 0.25) is 5.06 Å². The highest BCUT2D eigenvalue weighted by Crippen LogP contribution is 2.40. The highest BCUT2D eigenvalue weighted by Gasteiger charge is 2.22. The molecule has 2 aromatic carbocycles. The second-order valence-corrected chi connectivity index (χ2v) is 8.38. The minimum absolute atomic E-state index is 0.275. The number of hydrogen-bond donors (Lipinski definition) is 2. The molecule has 0 fully saturated rings. The van der Waals surface area contributed by atoms with Crippen LogP contribution in [-0.4, -0.2) is 48.5 Å². The van der Waals surface area contributed by atoms with Crippen LogP contribution in [0.4, 0.5) is 4.79 Å². The normalized spacial score (nSPS) is 11.1. The number of fused-ring (bicyclic) bond motifs is 1. The molecule has 0 spiro atoms. The van der Waals surface area contributed by atoms with Crippen LogP contribution in [0.5, 0.6) is 11.1 Å². The molecule has 0 saturated carbocycles. The van der Waals surface area contributed by atoms with Gasteiger partial charge in [-0.3, -0.25) is 4.57 Å². The van der Waals surface area contributed by atoms with Crippen molar-refractivity contribution in [2.45, 2.75) is 13.5 Å². The van der Waals surface area contributed by atoms with Crippen LogP contribution in [0.3, 0.4) is 0 Å². The Morgan fingerprint density at radius 3 is 2.58 bits per heavy atom. The quantitative estimate of drug-likeness (QED) is 0.356. The van der Waals surface area contributed by atoms with Crippen molar-refractivity contribution >= 4 is 28.5 Å². The molecule has 0 saturated heterocycles. The Balaban J connectivity index is 1.51. The van der Waals surface area contributed by atoms with Crippen LogP contribution < -0.4 is 9.47 Å². The van der Waals surface area contributed by atoms with E-state index in [0.717, 1.165) is 27.1 Å². The first kappa shape index (κ1) is 20.6. The van der Waals surface area contributed by atoms with Crippen molar-refractivity contribution < 1.29 is 19.4 Å². The van der Waals surface area contributed by atoms with E-state index in [4.69, 9.17) is 14.6 Å². The predicted octanol–water partition coefficient (Wildman–Crippen LogP) is 4.37. The fourth-order valence-corrected chi connectivity index (χ4v) is 4.69. The molecule has 5 rings (SSSR count). The van der Waals surface area contributed by atoms with Gasteiger partial charge in [-0.2, -0.15) is 4.98 Å². The molecule has 33 heavy (non-hydrogen) atoms. The van der Waals surface area contributed by atoms with Crippen LogP contribution in [0.15, 0.2) is 48.5 Å². The molecule has 0 radical (unpaired) electrons. The number of hydrogen-bond acceptors (Lipinski definition) is 8. The molecule has 0 aliphatic heterocycles. The molecule has 0 bridgehead atoms. The van der Waals surface area contributed by atoms with Crippen LogP contribution in [0.1, 0.15) is 10.4 Å². The fourth-order valence-electron chi connectivity index (χ4n) is 3.76. The van der Waals surface area contributed by atoms with Crippen LogP contribution in [-0.2, 0) is 6.54 Å². The van der Waals surface area contributed by atoms with E-state index in [0.29, 0.717) is 29.4 Å². The third kappa shape index (κ3) is 3.78. The van der Waals surface area contributed by atoms with Gasteiger partial charge >= 0.3 is 6.16 Å². The largest absolute Gasteiger partial charge is 0.512 e. The van der Waals surface area contributed by atoms with Gasteiger partial charge in [0.05, 0.1) is 13.7 Å².